The number of carbonyl (C=O) groups excluding carboxylic acids is 1. The highest BCUT2D eigenvalue weighted by atomic mass is 16.5. The molecule has 0 radical (unpaired) electrons. The Morgan fingerprint density at radius 2 is 1.95 bits per heavy atom. The van der Waals surface area contributed by atoms with Crippen LogP contribution in [0.4, 0.5) is 0 Å². The van der Waals surface area contributed by atoms with Crippen LogP contribution in [0.5, 0.6) is 0 Å². The molecule has 1 aliphatic rings. The van der Waals surface area contributed by atoms with Crippen molar-refractivity contribution in [2.75, 3.05) is 6.61 Å². The van der Waals surface area contributed by atoms with E-state index in [9.17, 15) is 24.9 Å². The van der Waals surface area contributed by atoms with Crippen molar-refractivity contribution >= 4 is 11.9 Å². The van der Waals surface area contributed by atoms with Crippen LogP contribution in [0.15, 0.2) is 11.8 Å². The molecule has 1 rings (SSSR count). The third-order valence-electron chi connectivity index (χ3n) is 3.27. The summed E-state index contributed by atoms with van der Waals surface area (Å²) in [6, 6.07) is -1.17. The van der Waals surface area contributed by atoms with Crippen LogP contribution in [0, 0.1) is 5.92 Å². The maximum Gasteiger partial charge on any atom is 0.370 e. The fourth-order valence-electron chi connectivity index (χ4n) is 1.94. The highest BCUT2D eigenvalue weighted by molar-refractivity contribution is 5.85. The van der Waals surface area contributed by atoms with Crippen molar-refractivity contribution < 1.29 is 39.9 Å². The number of amides is 1. The zero-order valence-corrected chi connectivity index (χ0v) is 12.2. The lowest BCUT2D eigenvalue weighted by Gasteiger charge is -2.38. The second-order valence-electron chi connectivity index (χ2n) is 5.34. The standard InChI is InChI=1S/C13H21NO8/c1-5(2)12(19)14-9-6(16)3-8(13(20)21)22-11(9)10(18)7(17)4-15/h3,5-7,9-11,15-18H,4H2,1-2H3,(H,14,19)(H,20,21)/t6-,7+,9+,10+,11+/m0/s1. The lowest BCUT2D eigenvalue weighted by atomic mass is 9.93. The van der Waals surface area contributed by atoms with Crippen molar-refractivity contribution in [2.45, 2.75) is 44.3 Å². The summed E-state index contributed by atoms with van der Waals surface area (Å²) in [6.45, 7) is 2.42. The Kier molecular flexibility index (Phi) is 6.30. The quantitative estimate of drug-likeness (QED) is 0.315. The molecule has 1 amide bonds. The molecule has 1 aliphatic heterocycles. The van der Waals surface area contributed by atoms with Gasteiger partial charge in [0.25, 0.3) is 0 Å². The average Bonchev–Trinajstić information content (AvgIpc) is 2.46. The largest absolute Gasteiger partial charge is 0.478 e. The number of ether oxygens (including phenoxy) is 1. The van der Waals surface area contributed by atoms with Gasteiger partial charge in [-0.2, -0.15) is 0 Å². The summed E-state index contributed by atoms with van der Waals surface area (Å²) in [6.07, 6.45) is -5.31. The monoisotopic (exact) mass is 319 g/mol. The van der Waals surface area contributed by atoms with Crippen molar-refractivity contribution in [1.82, 2.24) is 5.32 Å². The molecule has 0 saturated heterocycles. The van der Waals surface area contributed by atoms with Crippen LogP contribution in [-0.4, -0.2) is 74.5 Å². The zero-order valence-electron chi connectivity index (χ0n) is 12.2. The highest BCUT2D eigenvalue weighted by Gasteiger charge is 2.43. The van der Waals surface area contributed by atoms with Gasteiger partial charge in [0.05, 0.1) is 12.6 Å². The number of aliphatic hydroxyl groups is 4. The maximum atomic E-state index is 11.8. The number of rotatable bonds is 6. The number of aliphatic hydroxyl groups excluding tert-OH is 4. The van der Waals surface area contributed by atoms with E-state index >= 15 is 0 Å². The molecule has 0 bridgehead atoms. The van der Waals surface area contributed by atoms with Crippen LogP contribution >= 0.6 is 0 Å². The minimum Gasteiger partial charge on any atom is -0.478 e. The molecule has 0 saturated carbocycles. The number of carbonyl (C=O) groups is 2. The Hall–Kier alpha value is -1.68. The molecule has 6 N–H and O–H groups in total. The number of hydrogen-bond acceptors (Lipinski definition) is 7. The lowest BCUT2D eigenvalue weighted by Crippen LogP contribution is -2.60. The second-order valence-corrected chi connectivity index (χ2v) is 5.34. The van der Waals surface area contributed by atoms with Gasteiger partial charge in [0.1, 0.15) is 18.3 Å². The normalized spacial score (nSPS) is 27.6. The number of carboxylic acid groups (broad SMARTS) is 1. The SMILES string of the molecule is CC(C)C(=O)N[C@H]1[C@H]([C@H](O)[C@H](O)CO)OC(C(=O)O)=C[C@@H]1O. The Balaban J connectivity index is 3.06. The van der Waals surface area contributed by atoms with Gasteiger partial charge < -0.3 is 35.6 Å². The van der Waals surface area contributed by atoms with E-state index in [0.717, 1.165) is 6.08 Å². The van der Waals surface area contributed by atoms with Gasteiger partial charge >= 0.3 is 5.97 Å². The van der Waals surface area contributed by atoms with E-state index in [0.29, 0.717) is 0 Å². The van der Waals surface area contributed by atoms with Crippen LogP contribution in [0.2, 0.25) is 0 Å². The molecule has 0 spiro atoms. The first-order valence-corrected chi connectivity index (χ1v) is 6.76. The van der Waals surface area contributed by atoms with Gasteiger partial charge in [-0.05, 0) is 6.08 Å². The lowest BCUT2D eigenvalue weighted by molar-refractivity contribution is -0.150. The summed E-state index contributed by atoms with van der Waals surface area (Å²) in [5, 5.41) is 49.7. The Bertz CT molecular complexity index is 449. The molecule has 126 valence electrons. The van der Waals surface area contributed by atoms with E-state index in [1.165, 1.54) is 0 Å². The fourth-order valence-corrected chi connectivity index (χ4v) is 1.94. The summed E-state index contributed by atoms with van der Waals surface area (Å²) >= 11 is 0. The van der Waals surface area contributed by atoms with Crippen LogP contribution in [0.1, 0.15) is 13.8 Å². The molecule has 0 aromatic heterocycles. The van der Waals surface area contributed by atoms with Gasteiger partial charge in [0.2, 0.25) is 11.7 Å². The number of aliphatic carboxylic acids is 1. The maximum absolute atomic E-state index is 11.8. The van der Waals surface area contributed by atoms with Crippen molar-refractivity contribution in [1.29, 1.82) is 0 Å². The predicted molar refractivity (Wildman–Crippen MR) is 72.5 cm³/mol. The van der Waals surface area contributed by atoms with Gasteiger partial charge in [0, 0.05) is 5.92 Å². The molecule has 1 heterocycles. The molecule has 22 heavy (non-hydrogen) atoms. The molecule has 5 atom stereocenters. The van der Waals surface area contributed by atoms with Gasteiger partial charge in [-0.3, -0.25) is 4.79 Å². The van der Waals surface area contributed by atoms with Gasteiger partial charge in [-0.25, -0.2) is 4.79 Å². The minimum atomic E-state index is -1.71. The van der Waals surface area contributed by atoms with E-state index < -0.39 is 60.6 Å². The van der Waals surface area contributed by atoms with Gasteiger partial charge in [-0.1, -0.05) is 13.8 Å². The van der Waals surface area contributed by atoms with Crippen molar-refractivity contribution in [3.8, 4) is 0 Å². The molecule has 9 heteroatoms. The molecular weight excluding hydrogens is 298 g/mol. The summed E-state index contributed by atoms with van der Waals surface area (Å²) < 4.78 is 5.06. The first-order chi connectivity index (χ1) is 10.2. The molecule has 0 fully saturated rings. The first-order valence-electron chi connectivity index (χ1n) is 6.76. The zero-order chi connectivity index (χ0) is 17.0. The Morgan fingerprint density at radius 1 is 1.36 bits per heavy atom. The first kappa shape index (κ1) is 18.4. The Morgan fingerprint density at radius 3 is 2.41 bits per heavy atom. The summed E-state index contributed by atoms with van der Waals surface area (Å²) in [5.41, 5.74) is 0. The average molecular weight is 319 g/mol. The van der Waals surface area contributed by atoms with Crippen LogP contribution in [-0.2, 0) is 14.3 Å². The highest BCUT2D eigenvalue weighted by Crippen LogP contribution is 2.23. The minimum absolute atomic E-state index is 0.419. The number of hydrogen-bond donors (Lipinski definition) is 6. The van der Waals surface area contributed by atoms with Gasteiger partial charge in [-0.15, -0.1) is 0 Å². The van der Waals surface area contributed by atoms with Crippen LogP contribution in [0.3, 0.4) is 0 Å². The summed E-state index contributed by atoms with van der Waals surface area (Å²) in [4.78, 5) is 22.7. The molecule has 0 aliphatic carbocycles. The van der Waals surface area contributed by atoms with E-state index in [4.69, 9.17) is 14.9 Å². The van der Waals surface area contributed by atoms with Crippen LogP contribution in [0.25, 0.3) is 0 Å². The Labute approximate surface area is 126 Å². The van der Waals surface area contributed by atoms with E-state index in [1.807, 2.05) is 0 Å². The van der Waals surface area contributed by atoms with Crippen molar-refractivity contribution in [3.63, 3.8) is 0 Å². The molecule has 0 aromatic rings. The van der Waals surface area contributed by atoms with Crippen molar-refractivity contribution in [2.24, 2.45) is 5.92 Å². The van der Waals surface area contributed by atoms with E-state index in [2.05, 4.69) is 5.32 Å². The topological polar surface area (TPSA) is 157 Å². The third kappa shape index (κ3) is 4.17. The van der Waals surface area contributed by atoms with E-state index in [-0.39, 0.29) is 0 Å². The van der Waals surface area contributed by atoms with Crippen LogP contribution < -0.4 is 5.32 Å². The third-order valence-corrected chi connectivity index (χ3v) is 3.27. The van der Waals surface area contributed by atoms with E-state index in [1.54, 1.807) is 13.8 Å². The smallest absolute Gasteiger partial charge is 0.370 e. The summed E-state index contributed by atoms with van der Waals surface area (Å²) in [5.74, 6) is -2.95. The molecule has 9 nitrogen and oxygen atoms in total. The predicted octanol–water partition coefficient (Wildman–Crippen LogP) is -2.43. The van der Waals surface area contributed by atoms with Crippen molar-refractivity contribution in [3.05, 3.63) is 11.8 Å². The second kappa shape index (κ2) is 7.54. The fraction of sp³-hybridized carbons (Fsp3) is 0.692. The number of carboxylic acids is 1. The molecule has 0 unspecified atom stereocenters. The molecule has 0 aromatic carbocycles. The number of nitrogens with one attached hydrogen (secondary N) is 1. The van der Waals surface area contributed by atoms with Gasteiger partial charge in [0.15, 0.2) is 6.10 Å². The summed E-state index contributed by atoms with van der Waals surface area (Å²) in [7, 11) is 0. The molecular formula is C13H21NO8.